The average molecular weight is 333 g/mol. The summed E-state index contributed by atoms with van der Waals surface area (Å²) < 4.78 is 5.06. The standard InChI is InChI=1S/C14H18Cl2N2O3/c1-21-6-8(14(17)20)7-4-10(18-5-7)12-11(19)3-2-9(15)13(12)16/h2-3,7-8,10,18-19H,4-6H2,1H3,(H2,17,20)/t7-,8+,10-/m1/s1. The normalized spacial score (nSPS) is 23.2. The summed E-state index contributed by atoms with van der Waals surface area (Å²) in [6, 6.07) is 2.89. The number of ether oxygens (including phenoxy) is 1. The lowest BCUT2D eigenvalue weighted by molar-refractivity contribution is -0.125. The van der Waals surface area contributed by atoms with Crippen LogP contribution in [0.2, 0.25) is 10.0 Å². The van der Waals surface area contributed by atoms with Gasteiger partial charge in [0.25, 0.3) is 0 Å². The molecule has 0 radical (unpaired) electrons. The molecule has 0 aromatic heterocycles. The molecule has 1 fully saturated rings. The fraction of sp³-hybridized carbons (Fsp3) is 0.500. The van der Waals surface area contributed by atoms with Crippen LogP contribution in [0.3, 0.4) is 0 Å². The van der Waals surface area contributed by atoms with Crippen LogP contribution in [0.1, 0.15) is 18.0 Å². The number of nitrogens with one attached hydrogen (secondary N) is 1. The number of nitrogens with two attached hydrogens (primary N) is 1. The van der Waals surface area contributed by atoms with Gasteiger partial charge in [-0.25, -0.2) is 0 Å². The number of benzene rings is 1. The van der Waals surface area contributed by atoms with Crippen LogP contribution >= 0.6 is 23.2 Å². The van der Waals surface area contributed by atoms with E-state index in [1.54, 1.807) is 6.07 Å². The Morgan fingerprint density at radius 3 is 2.90 bits per heavy atom. The monoisotopic (exact) mass is 332 g/mol. The Morgan fingerprint density at radius 1 is 1.57 bits per heavy atom. The molecule has 1 heterocycles. The Bertz CT molecular complexity index is 539. The number of halogens is 2. The van der Waals surface area contributed by atoms with Gasteiger partial charge < -0.3 is 20.9 Å². The number of hydrogen-bond acceptors (Lipinski definition) is 4. The number of rotatable bonds is 5. The molecule has 1 aliphatic heterocycles. The van der Waals surface area contributed by atoms with Crippen molar-refractivity contribution in [2.75, 3.05) is 20.3 Å². The van der Waals surface area contributed by atoms with Crippen molar-refractivity contribution in [3.05, 3.63) is 27.7 Å². The van der Waals surface area contributed by atoms with Gasteiger partial charge in [0.2, 0.25) is 5.91 Å². The number of amides is 1. The zero-order valence-electron chi connectivity index (χ0n) is 11.6. The number of phenols is 1. The molecule has 3 atom stereocenters. The maximum absolute atomic E-state index is 11.5. The molecule has 2 rings (SSSR count). The predicted octanol–water partition coefficient (Wildman–Crippen LogP) is 2.10. The molecule has 4 N–H and O–H groups in total. The average Bonchev–Trinajstić information content (AvgIpc) is 2.89. The molecular weight excluding hydrogens is 315 g/mol. The van der Waals surface area contributed by atoms with E-state index in [0.717, 1.165) is 0 Å². The third-order valence-corrected chi connectivity index (χ3v) is 4.72. The van der Waals surface area contributed by atoms with Crippen LogP contribution in [-0.4, -0.2) is 31.3 Å². The zero-order chi connectivity index (χ0) is 15.6. The number of carbonyl (C=O) groups is 1. The van der Waals surface area contributed by atoms with Gasteiger partial charge in [0.05, 0.1) is 22.6 Å². The number of primary amides is 1. The topological polar surface area (TPSA) is 84.6 Å². The van der Waals surface area contributed by atoms with Crippen LogP contribution in [0.25, 0.3) is 0 Å². The second kappa shape index (κ2) is 6.83. The third kappa shape index (κ3) is 3.43. The number of methoxy groups -OCH3 is 1. The van der Waals surface area contributed by atoms with Gasteiger partial charge in [-0.3, -0.25) is 4.79 Å². The highest BCUT2D eigenvalue weighted by molar-refractivity contribution is 6.42. The molecule has 1 aliphatic rings. The Morgan fingerprint density at radius 2 is 2.29 bits per heavy atom. The second-order valence-corrected chi connectivity index (χ2v) is 6.00. The lowest BCUT2D eigenvalue weighted by Gasteiger charge is -2.19. The molecule has 1 aromatic rings. The molecule has 116 valence electrons. The van der Waals surface area contributed by atoms with Crippen LogP contribution < -0.4 is 11.1 Å². The maximum atomic E-state index is 11.5. The fourth-order valence-corrected chi connectivity index (χ4v) is 3.26. The number of carbonyl (C=O) groups excluding carboxylic acids is 1. The summed E-state index contributed by atoms with van der Waals surface area (Å²) in [5.41, 5.74) is 5.99. The highest BCUT2D eigenvalue weighted by Gasteiger charge is 2.36. The number of hydrogen-bond donors (Lipinski definition) is 3. The van der Waals surface area contributed by atoms with Crippen LogP contribution in [0.15, 0.2) is 12.1 Å². The Hall–Kier alpha value is -1.01. The SMILES string of the molecule is COC[C@H](C(N)=O)[C@H]1CN[C@@H](c2c(O)ccc(Cl)c2Cl)C1. The molecular formula is C14H18Cl2N2O3. The van der Waals surface area contributed by atoms with Crippen molar-refractivity contribution in [1.29, 1.82) is 0 Å². The van der Waals surface area contributed by atoms with Gasteiger partial charge >= 0.3 is 0 Å². The van der Waals surface area contributed by atoms with E-state index in [0.29, 0.717) is 28.6 Å². The van der Waals surface area contributed by atoms with Crippen LogP contribution in [0.4, 0.5) is 0 Å². The van der Waals surface area contributed by atoms with E-state index in [1.165, 1.54) is 13.2 Å². The lowest BCUT2D eigenvalue weighted by atomic mass is 9.88. The zero-order valence-corrected chi connectivity index (χ0v) is 13.1. The molecule has 21 heavy (non-hydrogen) atoms. The van der Waals surface area contributed by atoms with Gasteiger partial charge in [-0.2, -0.15) is 0 Å². The van der Waals surface area contributed by atoms with Crippen LogP contribution in [0.5, 0.6) is 5.75 Å². The van der Waals surface area contributed by atoms with E-state index in [1.807, 2.05) is 0 Å². The minimum Gasteiger partial charge on any atom is -0.508 e. The van der Waals surface area contributed by atoms with Crippen molar-refractivity contribution in [2.24, 2.45) is 17.6 Å². The van der Waals surface area contributed by atoms with Gasteiger partial charge in [0.1, 0.15) is 5.75 Å². The Labute approximate surface area is 133 Å². The first kappa shape index (κ1) is 16.4. The molecule has 1 amide bonds. The maximum Gasteiger partial charge on any atom is 0.223 e. The van der Waals surface area contributed by atoms with Crippen LogP contribution in [0, 0.1) is 11.8 Å². The van der Waals surface area contributed by atoms with E-state index in [9.17, 15) is 9.90 Å². The van der Waals surface area contributed by atoms with Crippen molar-refractivity contribution in [2.45, 2.75) is 12.5 Å². The first-order valence-corrected chi connectivity index (χ1v) is 7.39. The molecule has 0 saturated carbocycles. The molecule has 0 aliphatic carbocycles. The largest absolute Gasteiger partial charge is 0.508 e. The third-order valence-electron chi connectivity index (χ3n) is 3.90. The van der Waals surface area contributed by atoms with E-state index in [4.69, 9.17) is 33.7 Å². The molecule has 5 nitrogen and oxygen atoms in total. The molecule has 1 aromatic carbocycles. The highest BCUT2D eigenvalue weighted by atomic mass is 35.5. The summed E-state index contributed by atoms with van der Waals surface area (Å²) in [6.07, 6.45) is 0.630. The summed E-state index contributed by atoms with van der Waals surface area (Å²) in [5, 5.41) is 14.0. The first-order chi connectivity index (χ1) is 9.95. The smallest absolute Gasteiger partial charge is 0.223 e. The Balaban J connectivity index is 2.19. The molecule has 0 unspecified atom stereocenters. The molecule has 7 heteroatoms. The summed E-state index contributed by atoms with van der Waals surface area (Å²) in [7, 11) is 1.54. The van der Waals surface area contributed by atoms with Crippen molar-refractivity contribution in [3.63, 3.8) is 0 Å². The summed E-state index contributed by atoms with van der Waals surface area (Å²) in [6.45, 7) is 0.883. The number of phenolic OH excluding ortho intramolecular Hbond substituents is 1. The van der Waals surface area contributed by atoms with Crippen molar-refractivity contribution in [3.8, 4) is 5.75 Å². The van der Waals surface area contributed by atoms with Crippen molar-refractivity contribution >= 4 is 29.1 Å². The first-order valence-electron chi connectivity index (χ1n) is 6.64. The van der Waals surface area contributed by atoms with Crippen molar-refractivity contribution in [1.82, 2.24) is 5.32 Å². The minimum atomic E-state index is -0.384. The van der Waals surface area contributed by atoms with E-state index in [2.05, 4.69) is 5.32 Å². The van der Waals surface area contributed by atoms with Gasteiger partial charge in [0, 0.05) is 18.7 Å². The number of aromatic hydroxyl groups is 1. The molecule has 0 bridgehead atoms. The van der Waals surface area contributed by atoms with E-state index >= 15 is 0 Å². The van der Waals surface area contributed by atoms with Gasteiger partial charge in [-0.05, 0) is 31.0 Å². The van der Waals surface area contributed by atoms with E-state index in [-0.39, 0.29) is 36.1 Å². The van der Waals surface area contributed by atoms with Gasteiger partial charge in [-0.1, -0.05) is 23.2 Å². The second-order valence-electron chi connectivity index (χ2n) is 5.21. The summed E-state index contributed by atoms with van der Waals surface area (Å²) in [4.78, 5) is 11.5. The van der Waals surface area contributed by atoms with Crippen molar-refractivity contribution < 1.29 is 14.6 Å². The molecule has 1 saturated heterocycles. The van der Waals surface area contributed by atoms with Gasteiger partial charge in [-0.15, -0.1) is 0 Å². The van der Waals surface area contributed by atoms with Crippen LogP contribution in [-0.2, 0) is 9.53 Å². The fourth-order valence-electron chi connectivity index (χ4n) is 2.81. The predicted molar refractivity (Wildman–Crippen MR) is 81.5 cm³/mol. The van der Waals surface area contributed by atoms with E-state index < -0.39 is 0 Å². The lowest BCUT2D eigenvalue weighted by Crippen LogP contribution is -2.34. The summed E-state index contributed by atoms with van der Waals surface area (Å²) >= 11 is 12.2. The molecule has 0 spiro atoms. The quantitative estimate of drug-likeness (QED) is 0.770. The van der Waals surface area contributed by atoms with Gasteiger partial charge in [0.15, 0.2) is 0 Å². The summed E-state index contributed by atoms with van der Waals surface area (Å²) in [5.74, 6) is -0.634. The highest BCUT2D eigenvalue weighted by Crippen LogP contribution is 2.41. The minimum absolute atomic E-state index is 0.0295. The Kier molecular flexibility index (Phi) is 5.32.